The van der Waals surface area contributed by atoms with Crippen molar-refractivity contribution in [3.8, 4) is 16.5 Å². The highest BCUT2D eigenvalue weighted by Gasteiger charge is 2.34. The zero-order valence-corrected chi connectivity index (χ0v) is 11.4. The SMILES string of the molecule is Cc1nnnn1-c1nc(-c2cccs2)cc(C(F)(F)F)n1. The van der Waals surface area contributed by atoms with Gasteiger partial charge in [-0.2, -0.15) is 17.9 Å². The summed E-state index contributed by atoms with van der Waals surface area (Å²) in [4.78, 5) is 8.23. The summed E-state index contributed by atoms with van der Waals surface area (Å²) in [5, 5.41) is 12.4. The molecule has 108 valence electrons. The number of halogens is 3. The van der Waals surface area contributed by atoms with Crippen LogP contribution >= 0.6 is 11.3 Å². The number of rotatable bonds is 2. The van der Waals surface area contributed by atoms with Crippen molar-refractivity contribution in [1.82, 2.24) is 30.2 Å². The minimum atomic E-state index is -4.58. The highest BCUT2D eigenvalue weighted by Crippen LogP contribution is 2.32. The first-order valence-corrected chi connectivity index (χ1v) is 6.58. The lowest BCUT2D eigenvalue weighted by atomic mass is 10.3. The van der Waals surface area contributed by atoms with Gasteiger partial charge in [-0.1, -0.05) is 6.07 Å². The van der Waals surface area contributed by atoms with Crippen LogP contribution in [0.2, 0.25) is 0 Å². The number of aromatic nitrogens is 6. The lowest BCUT2D eigenvalue weighted by Gasteiger charge is -2.09. The molecule has 0 radical (unpaired) electrons. The Kier molecular flexibility index (Phi) is 3.16. The van der Waals surface area contributed by atoms with Crippen LogP contribution in [0.4, 0.5) is 13.2 Å². The van der Waals surface area contributed by atoms with Gasteiger partial charge in [0.05, 0.1) is 10.6 Å². The Morgan fingerprint density at radius 3 is 2.62 bits per heavy atom. The molecule has 3 rings (SSSR count). The first-order valence-electron chi connectivity index (χ1n) is 5.70. The van der Waals surface area contributed by atoms with Crippen molar-refractivity contribution in [3.05, 3.63) is 35.1 Å². The smallest absolute Gasteiger partial charge is 0.210 e. The molecule has 6 nitrogen and oxygen atoms in total. The quantitative estimate of drug-likeness (QED) is 0.727. The van der Waals surface area contributed by atoms with Crippen LogP contribution in [-0.4, -0.2) is 30.2 Å². The molecule has 0 unspecified atom stereocenters. The van der Waals surface area contributed by atoms with E-state index in [9.17, 15) is 13.2 Å². The molecule has 3 heterocycles. The summed E-state index contributed by atoms with van der Waals surface area (Å²) in [6, 6.07) is 4.33. The van der Waals surface area contributed by atoms with Gasteiger partial charge in [0, 0.05) is 0 Å². The zero-order valence-electron chi connectivity index (χ0n) is 10.5. The molecule has 3 aromatic rings. The Morgan fingerprint density at radius 2 is 2.05 bits per heavy atom. The molecule has 0 aromatic carbocycles. The van der Waals surface area contributed by atoms with Gasteiger partial charge in [0.2, 0.25) is 0 Å². The first-order chi connectivity index (χ1) is 9.95. The van der Waals surface area contributed by atoms with Gasteiger partial charge >= 0.3 is 6.18 Å². The standard InChI is InChI=1S/C11H7F3N6S/c1-6-17-18-19-20(6)10-15-7(8-3-2-4-21-8)5-9(16-10)11(12,13)14/h2-5H,1H3. The maximum absolute atomic E-state index is 13.0. The Balaban J connectivity index is 2.21. The number of alkyl halides is 3. The summed E-state index contributed by atoms with van der Waals surface area (Å²) >= 11 is 1.29. The number of aryl methyl sites for hydroxylation is 1. The minimum Gasteiger partial charge on any atom is -0.210 e. The highest BCUT2D eigenvalue weighted by atomic mass is 32.1. The van der Waals surface area contributed by atoms with E-state index in [2.05, 4.69) is 25.5 Å². The number of nitrogens with zero attached hydrogens (tertiary/aromatic N) is 6. The molecule has 0 fully saturated rings. The number of hydrogen-bond donors (Lipinski definition) is 0. The van der Waals surface area contributed by atoms with Crippen molar-refractivity contribution < 1.29 is 13.2 Å². The van der Waals surface area contributed by atoms with E-state index in [4.69, 9.17) is 0 Å². The molecule has 0 bridgehead atoms. The lowest BCUT2D eigenvalue weighted by Crippen LogP contribution is -2.14. The normalized spacial score (nSPS) is 11.8. The summed E-state index contributed by atoms with van der Waals surface area (Å²) in [6.07, 6.45) is -4.58. The van der Waals surface area contributed by atoms with Gasteiger partial charge in [0.1, 0.15) is 0 Å². The maximum atomic E-state index is 13.0. The van der Waals surface area contributed by atoms with Gasteiger partial charge < -0.3 is 0 Å². The molecule has 0 amide bonds. The van der Waals surface area contributed by atoms with Crippen LogP contribution in [0.25, 0.3) is 16.5 Å². The van der Waals surface area contributed by atoms with Gasteiger partial charge in [-0.25, -0.2) is 9.97 Å². The molecular weight excluding hydrogens is 305 g/mol. The van der Waals surface area contributed by atoms with Crippen LogP contribution in [0.1, 0.15) is 11.5 Å². The van der Waals surface area contributed by atoms with Crippen LogP contribution in [0, 0.1) is 6.92 Å². The second kappa shape index (κ2) is 4.88. The van der Waals surface area contributed by atoms with Crippen LogP contribution in [0.3, 0.4) is 0 Å². The average Bonchev–Trinajstić information content (AvgIpc) is 3.08. The highest BCUT2D eigenvalue weighted by molar-refractivity contribution is 7.13. The summed E-state index contributed by atoms with van der Waals surface area (Å²) in [5.41, 5.74) is -0.858. The monoisotopic (exact) mass is 312 g/mol. The molecule has 0 saturated heterocycles. The lowest BCUT2D eigenvalue weighted by molar-refractivity contribution is -0.141. The summed E-state index contributed by atoms with van der Waals surface area (Å²) in [6.45, 7) is 1.55. The van der Waals surface area contributed by atoms with Gasteiger partial charge in [-0.15, -0.1) is 16.4 Å². The average molecular weight is 312 g/mol. The third kappa shape index (κ3) is 2.61. The van der Waals surface area contributed by atoms with E-state index in [-0.39, 0.29) is 11.6 Å². The third-order valence-electron chi connectivity index (χ3n) is 2.59. The van der Waals surface area contributed by atoms with Gasteiger partial charge in [-0.05, 0) is 34.9 Å². The van der Waals surface area contributed by atoms with Gasteiger partial charge in [-0.3, -0.25) is 0 Å². The zero-order chi connectivity index (χ0) is 15.0. The molecule has 3 aromatic heterocycles. The van der Waals surface area contributed by atoms with Crippen LogP contribution in [0.15, 0.2) is 23.6 Å². The largest absolute Gasteiger partial charge is 0.433 e. The van der Waals surface area contributed by atoms with Crippen molar-refractivity contribution >= 4 is 11.3 Å². The number of thiophene rings is 1. The van der Waals surface area contributed by atoms with Crippen molar-refractivity contribution in [2.24, 2.45) is 0 Å². The number of tetrazole rings is 1. The molecule has 0 spiro atoms. The Bertz CT molecular complexity index is 765. The fraction of sp³-hybridized carbons (Fsp3) is 0.182. The Labute approximate surface area is 120 Å². The van der Waals surface area contributed by atoms with E-state index in [1.165, 1.54) is 11.3 Å². The summed E-state index contributed by atoms with van der Waals surface area (Å²) in [5.74, 6) is 0.0854. The predicted octanol–water partition coefficient (Wildman–Crippen LogP) is 2.51. The van der Waals surface area contributed by atoms with E-state index in [1.807, 2.05) is 0 Å². The molecule has 0 N–H and O–H groups in total. The van der Waals surface area contributed by atoms with E-state index in [0.29, 0.717) is 10.7 Å². The van der Waals surface area contributed by atoms with E-state index < -0.39 is 11.9 Å². The maximum Gasteiger partial charge on any atom is 0.433 e. The minimum absolute atomic E-state index is 0.178. The van der Waals surface area contributed by atoms with Crippen LogP contribution < -0.4 is 0 Å². The second-order valence-corrected chi connectivity index (χ2v) is 5.00. The van der Waals surface area contributed by atoms with E-state index in [1.54, 1.807) is 24.4 Å². The molecule has 21 heavy (non-hydrogen) atoms. The van der Waals surface area contributed by atoms with Gasteiger partial charge in [0.25, 0.3) is 5.95 Å². The summed E-state index contributed by atoms with van der Waals surface area (Å²) in [7, 11) is 0. The summed E-state index contributed by atoms with van der Waals surface area (Å²) < 4.78 is 40.0. The van der Waals surface area contributed by atoms with E-state index in [0.717, 1.165) is 10.7 Å². The van der Waals surface area contributed by atoms with Crippen molar-refractivity contribution in [2.45, 2.75) is 13.1 Å². The first kappa shape index (κ1) is 13.6. The number of hydrogen-bond acceptors (Lipinski definition) is 6. The Hall–Kier alpha value is -2.36. The fourth-order valence-corrected chi connectivity index (χ4v) is 2.33. The van der Waals surface area contributed by atoms with Crippen molar-refractivity contribution in [2.75, 3.05) is 0 Å². The van der Waals surface area contributed by atoms with Crippen molar-refractivity contribution in [1.29, 1.82) is 0 Å². The van der Waals surface area contributed by atoms with Crippen LogP contribution in [0.5, 0.6) is 0 Å². The molecule has 0 aliphatic heterocycles. The molecule has 0 aliphatic carbocycles. The van der Waals surface area contributed by atoms with Crippen LogP contribution in [-0.2, 0) is 6.18 Å². The molecule has 0 atom stereocenters. The topological polar surface area (TPSA) is 69.4 Å². The van der Waals surface area contributed by atoms with Crippen molar-refractivity contribution in [3.63, 3.8) is 0 Å². The molecule has 10 heteroatoms. The molecule has 0 saturated carbocycles. The molecule has 0 aliphatic rings. The molecular formula is C11H7F3N6S. The van der Waals surface area contributed by atoms with E-state index >= 15 is 0 Å². The predicted molar refractivity (Wildman–Crippen MR) is 67.8 cm³/mol. The second-order valence-electron chi connectivity index (χ2n) is 4.05. The fourth-order valence-electron chi connectivity index (χ4n) is 1.64. The third-order valence-corrected chi connectivity index (χ3v) is 3.49. The Morgan fingerprint density at radius 1 is 1.24 bits per heavy atom. The van der Waals surface area contributed by atoms with Gasteiger partial charge in [0.15, 0.2) is 11.5 Å².